The van der Waals surface area contributed by atoms with Crippen LogP contribution in [0.5, 0.6) is 5.75 Å². The van der Waals surface area contributed by atoms with E-state index >= 15 is 0 Å². The summed E-state index contributed by atoms with van der Waals surface area (Å²) < 4.78 is 0. The molecule has 7 atom stereocenters. The third-order valence-corrected chi connectivity index (χ3v) is 11.1. The number of aliphatic hydroxyl groups excluding tert-OH is 1. The van der Waals surface area contributed by atoms with Gasteiger partial charge in [-0.3, -0.25) is 33.6 Å². The Morgan fingerprint density at radius 2 is 1.28 bits per heavy atom. The molecule has 342 valence electrons. The van der Waals surface area contributed by atoms with Crippen LogP contribution in [0.15, 0.2) is 85.1 Å². The van der Waals surface area contributed by atoms with Crippen molar-refractivity contribution in [2.45, 2.75) is 108 Å². The van der Waals surface area contributed by atoms with Gasteiger partial charge in [-0.15, -0.1) is 0 Å². The average molecular weight is 883 g/mol. The molecule has 3 aromatic carbocycles. The van der Waals surface area contributed by atoms with Crippen molar-refractivity contribution in [3.8, 4) is 5.75 Å². The molecule has 1 aromatic heterocycles. The predicted octanol–water partition coefficient (Wildman–Crippen LogP) is 0.931. The first kappa shape index (κ1) is 48.2. The number of H-pyrrole nitrogens is 1. The van der Waals surface area contributed by atoms with Crippen molar-refractivity contribution in [2.24, 2.45) is 5.73 Å². The van der Waals surface area contributed by atoms with Gasteiger partial charge in [0.25, 0.3) is 5.97 Å². The zero-order valence-corrected chi connectivity index (χ0v) is 35.9. The molecule has 4 aromatic rings. The fourth-order valence-electron chi connectivity index (χ4n) is 7.85. The zero-order valence-electron chi connectivity index (χ0n) is 35.9. The van der Waals surface area contributed by atoms with Crippen LogP contribution < -0.4 is 32.3 Å². The molecular weight excluding hydrogens is 825 g/mol. The number of hydrogen-bond acceptors (Lipinski definition) is 10. The zero-order chi connectivity index (χ0) is 46.3. The Morgan fingerprint density at radius 1 is 0.719 bits per heavy atom. The van der Waals surface area contributed by atoms with Gasteiger partial charge in [0.15, 0.2) is 0 Å². The van der Waals surface area contributed by atoms with Gasteiger partial charge in [0, 0.05) is 49.8 Å². The van der Waals surface area contributed by atoms with Crippen LogP contribution in [0, 0.1) is 0 Å². The van der Waals surface area contributed by atoms with Crippen molar-refractivity contribution < 1.29 is 48.9 Å². The predicted molar refractivity (Wildman–Crippen MR) is 236 cm³/mol. The number of phenols is 1. The van der Waals surface area contributed by atoms with Gasteiger partial charge in [-0.1, -0.05) is 60.7 Å². The number of fused-ring (bicyclic) bond motifs is 2. The molecule has 6 rings (SSSR count). The molecular formula is C46H58N8O10. The summed E-state index contributed by atoms with van der Waals surface area (Å²) in [6.45, 7) is 2.93. The monoisotopic (exact) mass is 882 g/mol. The number of unbranched alkanes of at least 4 members (excludes halogenated alkanes) is 1. The molecule has 64 heavy (non-hydrogen) atoms. The molecule has 18 nitrogen and oxygen atoms in total. The highest BCUT2D eigenvalue weighted by atomic mass is 16.4. The quantitative estimate of drug-likeness (QED) is 0.0946. The highest BCUT2D eigenvalue weighted by molar-refractivity contribution is 5.99. The van der Waals surface area contributed by atoms with E-state index in [-0.39, 0.29) is 44.4 Å². The summed E-state index contributed by atoms with van der Waals surface area (Å²) in [7, 11) is 0. The van der Waals surface area contributed by atoms with E-state index in [1.165, 1.54) is 24.0 Å². The van der Waals surface area contributed by atoms with Crippen LogP contribution >= 0.6 is 0 Å². The van der Waals surface area contributed by atoms with Gasteiger partial charge in [-0.2, -0.15) is 0 Å². The number of hydrogen-bond donors (Lipinski definition) is 10. The number of aliphatic hydroxyl groups is 1. The summed E-state index contributed by atoms with van der Waals surface area (Å²) in [4.78, 5) is 99.3. The van der Waals surface area contributed by atoms with Crippen molar-refractivity contribution in [1.82, 2.24) is 36.5 Å². The van der Waals surface area contributed by atoms with Crippen LogP contribution in [-0.2, 0) is 52.8 Å². The molecule has 2 aliphatic rings. The number of benzene rings is 3. The summed E-state index contributed by atoms with van der Waals surface area (Å²) in [6.07, 6.45) is 2.12. The number of amides is 6. The Hall–Kier alpha value is -6.79. The fraction of sp³-hybridized carbons (Fsp3) is 0.413. The van der Waals surface area contributed by atoms with Crippen molar-refractivity contribution >= 4 is 52.3 Å². The van der Waals surface area contributed by atoms with E-state index in [0.717, 1.165) is 17.8 Å². The number of carboxylic acid groups (broad SMARTS) is 1. The van der Waals surface area contributed by atoms with Crippen molar-refractivity contribution in [3.05, 3.63) is 102 Å². The summed E-state index contributed by atoms with van der Waals surface area (Å²) in [5.74, 6) is -4.97. The maximum atomic E-state index is 14.5. The summed E-state index contributed by atoms with van der Waals surface area (Å²) in [5, 5.41) is 42.9. The number of phenolic OH excluding ortho intramolecular Hbond substituents is 1. The molecule has 3 heterocycles. The SMILES string of the molecule is CC(=O)O.C[C@@H](O)[C@@H]1NC(=O)[C@H](CCCCN)NC(=O)[C@@H](Cc2c[nH]c3ccccc23)NC(=O)[C@H](Cc2ccc(O)cc2)NC(=O)[C@@H]2CCCN2C(=O)[C@H](Cc2ccccc2)NC1=O. The normalized spacial score (nSPS) is 22.9. The Labute approximate surface area is 370 Å². The van der Waals surface area contributed by atoms with Gasteiger partial charge in [0.2, 0.25) is 35.4 Å². The second kappa shape index (κ2) is 23.1. The van der Waals surface area contributed by atoms with Crippen LogP contribution in [0.1, 0.15) is 62.6 Å². The van der Waals surface area contributed by atoms with Gasteiger partial charge in [0.05, 0.1) is 6.10 Å². The smallest absolute Gasteiger partial charge is 0.300 e. The van der Waals surface area contributed by atoms with Gasteiger partial charge in [0.1, 0.15) is 42.0 Å². The Kier molecular flexibility index (Phi) is 17.4. The molecule has 0 aliphatic carbocycles. The summed E-state index contributed by atoms with van der Waals surface area (Å²) in [6, 6.07) is 15.1. The van der Waals surface area contributed by atoms with Crippen LogP contribution in [0.3, 0.4) is 0 Å². The average Bonchev–Trinajstić information content (AvgIpc) is 3.93. The van der Waals surface area contributed by atoms with Crippen LogP contribution in [0.25, 0.3) is 10.9 Å². The second-order valence-electron chi connectivity index (χ2n) is 16.1. The number of nitrogens with one attached hydrogen (secondary N) is 6. The minimum atomic E-state index is -1.53. The Balaban J connectivity index is 0.00000185. The molecule has 0 radical (unpaired) electrons. The Morgan fingerprint density at radius 3 is 1.95 bits per heavy atom. The van der Waals surface area contributed by atoms with E-state index in [9.17, 15) is 39.0 Å². The van der Waals surface area contributed by atoms with Gasteiger partial charge < -0.3 is 57.5 Å². The standard InChI is InChI=1S/C44H54N8O8.C2H4O2/c1-26(53)38-43(59)50-36(23-27-10-3-2-4-11-27)44(60)52-21-9-15-37(52)42(58)49-34(22-28-16-18-30(54)19-17-28)40(56)48-35(24-29-25-46-32-13-6-5-12-31(29)32)41(57)47-33(39(55)51-38)14-7-8-20-45;1-2(3)4/h2-6,10-13,16-19,25-26,33-38,46,53-54H,7-9,14-15,20-24,45H2,1H3,(H,47,57)(H,48,56)(H,49,58)(H,50,59)(H,51,55);1H3,(H,3,4)/t26-,33+,34+,35-,36+,37+,38+;/m1./s1. The molecule has 2 fully saturated rings. The molecule has 6 amide bonds. The third-order valence-electron chi connectivity index (χ3n) is 11.1. The highest BCUT2D eigenvalue weighted by Gasteiger charge is 2.41. The largest absolute Gasteiger partial charge is 0.508 e. The van der Waals surface area contributed by atoms with Crippen LogP contribution in [0.2, 0.25) is 0 Å². The number of carbonyl (C=O) groups is 7. The minimum absolute atomic E-state index is 0.00879. The molecule has 0 spiro atoms. The molecule has 18 heteroatoms. The number of aromatic hydroxyl groups is 1. The minimum Gasteiger partial charge on any atom is -0.508 e. The molecule has 0 saturated carbocycles. The fourth-order valence-corrected chi connectivity index (χ4v) is 7.85. The van der Waals surface area contributed by atoms with Gasteiger partial charge in [-0.05, 0) is 80.5 Å². The number of aromatic nitrogens is 1. The first-order valence-corrected chi connectivity index (χ1v) is 21.4. The number of para-hydroxylation sites is 1. The van der Waals surface area contributed by atoms with Crippen molar-refractivity contribution in [1.29, 1.82) is 0 Å². The molecule has 11 N–H and O–H groups in total. The van der Waals surface area contributed by atoms with E-state index < -0.39 is 83.8 Å². The van der Waals surface area contributed by atoms with E-state index in [0.29, 0.717) is 42.5 Å². The van der Waals surface area contributed by atoms with E-state index in [1.807, 2.05) is 30.3 Å². The number of nitrogens with zero attached hydrogens (tertiary/aromatic N) is 1. The van der Waals surface area contributed by atoms with Crippen LogP contribution in [0.4, 0.5) is 0 Å². The first-order chi connectivity index (χ1) is 30.6. The summed E-state index contributed by atoms with van der Waals surface area (Å²) >= 11 is 0. The van der Waals surface area contributed by atoms with Crippen LogP contribution in [-0.4, -0.2) is 122 Å². The van der Waals surface area contributed by atoms with E-state index in [4.69, 9.17) is 15.6 Å². The van der Waals surface area contributed by atoms with Crippen molar-refractivity contribution in [3.63, 3.8) is 0 Å². The third kappa shape index (κ3) is 13.4. The summed E-state index contributed by atoms with van der Waals surface area (Å²) in [5.41, 5.74) is 8.59. The van der Waals surface area contributed by atoms with E-state index in [1.54, 1.807) is 42.6 Å². The van der Waals surface area contributed by atoms with E-state index in [2.05, 4.69) is 31.6 Å². The number of rotatable bonds is 11. The number of nitrogens with two attached hydrogens (primary N) is 1. The van der Waals surface area contributed by atoms with Gasteiger partial charge in [-0.25, -0.2) is 0 Å². The number of aromatic amines is 1. The topological polar surface area (TPSA) is 285 Å². The molecule has 2 saturated heterocycles. The molecule has 2 aliphatic heterocycles. The molecule has 0 bridgehead atoms. The lowest BCUT2D eigenvalue weighted by molar-refractivity contribution is -0.143. The number of aliphatic carboxylic acids is 1. The highest BCUT2D eigenvalue weighted by Crippen LogP contribution is 2.23. The lowest BCUT2D eigenvalue weighted by Crippen LogP contribution is -2.63. The number of carbonyl (C=O) groups excluding carboxylic acids is 6. The van der Waals surface area contributed by atoms with Gasteiger partial charge >= 0.3 is 0 Å². The first-order valence-electron chi connectivity index (χ1n) is 21.4. The lowest BCUT2D eigenvalue weighted by Gasteiger charge is -2.32. The second-order valence-corrected chi connectivity index (χ2v) is 16.1. The van der Waals surface area contributed by atoms with Crippen molar-refractivity contribution in [2.75, 3.05) is 13.1 Å². The maximum Gasteiger partial charge on any atom is 0.300 e. The number of carboxylic acids is 1. The lowest BCUT2D eigenvalue weighted by atomic mass is 10.00. The Bertz CT molecular complexity index is 2250. The maximum absolute atomic E-state index is 14.5. The molecule has 0 unspecified atom stereocenters.